The fourth-order valence-corrected chi connectivity index (χ4v) is 4.25. The summed E-state index contributed by atoms with van der Waals surface area (Å²) in [5.74, 6) is -0.794. The minimum Gasteiger partial charge on any atom is -0.387 e. The molecule has 5 nitrogen and oxygen atoms in total. The van der Waals surface area contributed by atoms with E-state index in [1.54, 1.807) is 17.2 Å². The van der Waals surface area contributed by atoms with Crippen molar-refractivity contribution in [3.63, 3.8) is 0 Å². The zero-order chi connectivity index (χ0) is 19.3. The summed E-state index contributed by atoms with van der Waals surface area (Å²) in [4.78, 5) is 21.0. The Balaban J connectivity index is 2.02. The van der Waals surface area contributed by atoms with Crippen molar-refractivity contribution >= 4 is 40.0 Å². The average molecular weight is 408 g/mol. The van der Waals surface area contributed by atoms with Crippen LogP contribution < -0.4 is 0 Å². The second-order valence-corrected chi connectivity index (χ2v) is 7.34. The number of H-pyrrole nitrogens is 1. The quantitative estimate of drug-likeness (QED) is 0.671. The molecule has 3 aromatic rings. The highest BCUT2D eigenvalue weighted by Gasteiger charge is 2.32. The number of benzene rings is 1. The van der Waals surface area contributed by atoms with E-state index < -0.39 is 12.4 Å². The molecular formula is C19H16Cl2FN3O2. The number of amides is 1. The van der Waals surface area contributed by atoms with Crippen molar-refractivity contribution in [2.24, 2.45) is 0 Å². The molecule has 0 saturated carbocycles. The molecule has 4 rings (SSSR count). The third-order valence-electron chi connectivity index (χ3n) is 5.05. The van der Waals surface area contributed by atoms with Crippen molar-refractivity contribution in [1.29, 1.82) is 0 Å². The number of nitrogens with zero attached hydrogens (tertiary/aromatic N) is 2. The van der Waals surface area contributed by atoms with Crippen LogP contribution in [0, 0.1) is 5.82 Å². The minimum atomic E-state index is -0.546. The minimum absolute atomic E-state index is 0.278. The predicted octanol–water partition coefficient (Wildman–Crippen LogP) is 4.11. The number of aliphatic hydroxyl groups is 1. The Hall–Kier alpha value is -2.15. The topological polar surface area (TPSA) is 69.2 Å². The molecule has 3 heterocycles. The van der Waals surface area contributed by atoms with Gasteiger partial charge >= 0.3 is 0 Å². The largest absolute Gasteiger partial charge is 0.387 e. The van der Waals surface area contributed by atoms with Gasteiger partial charge in [0.05, 0.1) is 27.8 Å². The third-order valence-corrected chi connectivity index (χ3v) is 5.84. The van der Waals surface area contributed by atoms with Crippen molar-refractivity contribution in [3.05, 3.63) is 51.6 Å². The van der Waals surface area contributed by atoms with Gasteiger partial charge in [-0.05, 0) is 24.6 Å². The summed E-state index contributed by atoms with van der Waals surface area (Å²) in [6, 6.07) is 2.80. The third kappa shape index (κ3) is 2.88. The Labute approximate surface area is 164 Å². The summed E-state index contributed by atoms with van der Waals surface area (Å²) in [6.07, 6.45) is 3.29. The fraction of sp³-hybridized carbons (Fsp3) is 0.263. The van der Waals surface area contributed by atoms with Gasteiger partial charge in [-0.2, -0.15) is 0 Å². The molecule has 0 fully saturated rings. The van der Waals surface area contributed by atoms with Gasteiger partial charge in [0.1, 0.15) is 12.4 Å². The molecule has 2 N–H and O–H groups in total. The highest BCUT2D eigenvalue weighted by Crippen LogP contribution is 2.45. The van der Waals surface area contributed by atoms with Gasteiger partial charge in [-0.1, -0.05) is 23.2 Å². The summed E-state index contributed by atoms with van der Waals surface area (Å²) < 4.78 is 13.8. The molecule has 0 aliphatic carbocycles. The molecule has 1 aliphatic rings. The number of pyridine rings is 1. The van der Waals surface area contributed by atoms with E-state index in [0.717, 1.165) is 22.8 Å². The van der Waals surface area contributed by atoms with E-state index in [9.17, 15) is 14.3 Å². The van der Waals surface area contributed by atoms with Crippen LogP contribution in [-0.2, 0) is 11.2 Å². The van der Waals surface area contributed by atoms with Crippen molar-refractivity contribution in [2.45, 2.75) is 19.4 Å². The van der Waals surface area contributed by atoms with Crippen LogP contribution in [0.15, 0.2) is 24.5 Å². The number of aromatic amines is 1. The monoisotopic (exact) mass is 407 g/mol. The highest BCUT2D eigenvalue weighted by atomic mass is 35.5. The number of halogens is 3. The van der Waals surface area contributed by atoms with Crippen LogP contribution >= 0.6 is 23.2 Å². The first kappa shape index (κ1) is 18.2. The zero-order valence-corrected chi connectivity index (χ0v) is 15.9. The predicted molar refractivity (Wildman–Crippen MR) is 102 cm³/mol. The summed E-state index contributed by atoms with van der Waals surface area (Å²) >= 11 is 12.8. The van der Waals surface area contributed by atoms with Crippen LogP contribution in [0.2, 0.25) is 10.0 Å². The van der Waals surface area contributed by atoms with Gasteiger partial charge in [0.2, 0.25) is 5.91 Å². The second-order valence-electron chi connectivity index (χ2n) is 6.55. The molecular weight excluding hydrogens is 392 g/mol. The van der Waals surface area contributed by atoms with Crippen molar-refractivity contribution < 1.29 is 14.3 Å². The SMILES string of the molecule is C[C@H]1c2c([nH]c3c(Cl)c(Cl)cc(-c4cncc(F)c4)c23)CCN1C(=O)CO. The van der Waals surface area contributed by atoms with Gasteiger partial charge < -0.3 is 15.0 Å². The number of rotatable bonds is 2. The molecule has 0 radical (unpaired) electrons. The summed E-state index contributed by atoms with van der Waals surface area (Å²) in [7, 11) is 0. The summed E-state index contributed by atoms with van der Waals surface area (Å²) in [5.41, 5.74) is 3.76. The van der Waals surface area contributed by atoms with Gasteiger partial charge in [-0.25, -0.2) is 4.39 Å². The first-order valence-corrected chi connectivity index (χ1v) is 9.21. The Morgan fingerprint density at radius 1 is 1.41 bits per heavy atom. The van der Waals surface area contributed by atoms with E-state index in [2.05, 4.69) is 9.97 Å². The lowest BCUT2D eigenvalue weighted by atomic mass is 9.92. The standard InChI is InChI=1S/C19H16Cl2FN3O2/c1-9-16-14(2-3-25(9)15(27)8-26)24-19-17(16)12(5-13(20)18(19)21)10-4-11(22)7-23-6-10/h4-7,9,24,26H,2-3,8H2,1H3/t9-/m0/s1. The molecule has 1 atom stereocenters. The number of aromatic nitrogens is 2. The maximum absolute atomic E-state index is 13.8. The first-order chi connectivity index (χ1) is 12.9. The van der Waals surface area contributed by atoms with Crippen LogP contribution in [0.5, 0.6) is 0 Å². The molecule has 1 aliphatic heterocycles. The van der Waals surface area contributed by atoms with Crippen LogP contribution in [0.4, 0.5) is 4.39 Å². The number of carbonyl (C=O) groups excluding carboxylic acids is 1. The second kappa shape index (κ2) is 6.78. The molecule has 0 unspecified atom stereocenters. The molecule has 0 bridgehead atoms. The van der Waals surface area contributed by atoms with Gasteiger partial charge in [0.25, 0.3) is 0 Å². The van der Waals surface area contributed by atoms with E-state index >= 15 is 0 Å². The molecule has 2 aromatic heterocycles. The highest BCUT2D eigenvalue weighted by molar-refractivity contribution is 6.45. The van der Waals surface area contributed by atoms with Gasteiger partial charge in [-0.15, -0.1) is 0 Å². The number of hydrogen-bond donors (Lipinski definition) is 2. The summed E-state index contributed by atoms with van der Waals surface area (Å²) in [5, 5.41) is 10.8. The molecule has 27 heavy (non-hydrogen) atoms. The molecule has 1 amide bonds. The number of nitrogens with one attached hydrogen (secondary N) is 1. The van der Waals surface area contributed by atoms with E-state index in [-0.39, 0.29) is 11.9 Å². The normalized spacial score (nSPS) is 16.6. The number of fused-ring (bicyclic) bond motifs is 3. The zero-order valence-electron chi connectivity index (χ0n) is 14.4. The lowest BCUT2D eigenvalue weighted by Crippen LogP contribution is -2.40. The smallest absolute Gasteiger partial charge is 0.248 e. The maximum atomic E-state index is 13.8. The summed E-state index contributed by atoms with van der Waals surface area (Å²) in [6.45, 7) is 1.84. The Morgan fingerprint density at radius 2 is 2.19 bits per heavy atom. The van der Waals surface area contributed by atoms with Gasteiger partial charge in [0.15, 0.2) is 0 Å². The fourth-order valence-electron chi connectivity index (χ4n) is 3.85. The number of aliphatic hydroxyl groups excluding tert-OH is 1. The van der Waals surface area contributed by atoms with E-state index in [0.29, 0.717) is 39.7 Å². The van der Waals surface area contributed by atoms with E-state index in [1.165, 1.54) is 6.07 Å². The Bertz CT molecular complexity index is 1070. The van der Waals surface area contributed by atoms with Crippen LogP contribution in [0.3, 0.4) is 0 Å². The number of carbonyl (C=O) groups is 1. The van der Waals surface area contributed by atoms with Gasteiger partial charge in [-0.3, -0.25) is 9.78 Å². The van der Waals surface area contributed by atoms with Crippen molar-refractivity contribution in [2.75, 3.05) is 13.2 Å². The van der Waals surface area contributed by atoms with Crippen LogP contribution in [-0.4, -0.2) is 39.0 Å². The van der Waals surface area contributed by atoms with Crippen LogP contribution in [0.25, 0.3) is 22.0 Å². The van der Waals surface area contributed by atoms with Crippen molar-refractivity contribution in [3.8, 4) is 11.1 Å². The molecule has 1 aromatic carbocycles. The molecule has 0 spiro atoms. The van der Waals surface area contributed by atoms with Crippen molar-refractivity contribution in [1.82, 2.24) is 14.9 Å². The van der Waals surface area contributed by atoms with Crippen LogP contribution in [0.1, 0.15) is 24.2 Å². The molecule has 140 valence electrons. The molecule has 8 heteroatoms. The lowest BCUT2D eigenvalue weighted by molar-refractivity contribution is -0.136. The Morgan fingerprint density at radius 3 is 2.89 bits per heavy atom. The number of hydrogen-bond acceptors (Lipinski definition) is 3. The van der Waals surface area contributed by atoms with Gasteiger partial charge in [0, 0.05) is 41.4 Å². The Kier molecular flexibility index (Phi) is 4.58. The maximum Gasteiger partial charge on any atom is 0.248 e. The average Bonchev–Trinajstić information content (AvgIpc) is 3.05. The first-order valence-electron chi connectivity index (χ1n) is 8.46. The molecule has 0 saturated heterocycles. The lowest BCUT2D eigenvalue weighted by Gasteiger charge is -2.33. The van der Waals surface area contributed by atoms with E-state index in [4.69, 9.17) is 23.2 Å². The van der Waals surface area contributed by atoms with E-state index in [1.807, 2.05) is 6.92 Å².